The van der Waals surface area contributed by atoms with Crippen molar-refractivity contribution >= 4 is 11.9 Å². The third-order valence-electron chi connectivity index (χ3n) is 2.49. The van der Waals surface area contributed by atoms with Crippen molar-refractivity contribution in [2.75, 3.05) is 6.61 Å². The molecule has 0 bridgehead atoms. The van der Waals surface area contributed by atoms with Gasteiger partial charge in [-0.3, -0.25) is 14.6 Å². The number of hydrogen-bond acceptors (Lipinski definition) is 4. The van der Waals surface area contributed by atoms with Crippen LogP contribution in [0.15, 0.2) is 18.5 Å². The molecule has 1 aliphatic heterocycles. The highest BCUT2D eigenvalue weighted by molar-refractivity contribution is 6.04. The van der Waals surface area contributed by atoms with E-state index in [-0.39, 0.29) is 12.5 Å². The van der Waals surface area contributed by atoms with Gasteiger partial charge in [-0.05, 0) is 24.1 Å². The first kappa shape index (κ1) is 10.6. The van der Waals surface area contributed by atoms with Crippen molar-refractivity contribution in [1.82, 2.24) is 10.3 Å². The van der Waals surface area contributed by atoms with Crippen LogP contribution in [0.3, 0.4) is 0 Å². The lowest BCUT2D eigenvalue weighted by atomic mass is 9.92. The number of nitrogens with one attached hydrogen (secondary N) is 1. The molecule has 0 aromatic carbocycles. The molecular formula is C11H12N2O3. The zero-order chi connectivity index (χ0) is 11.5. The Morgan fingerprint density at radius 3 is 3.25 bits per heavy atom. The number of hydrogen-bond donors (Lipinski definition) is 1. The highest BCUT2D eigenvalue weighted by Crippen LogP contribution is 2.24. The summed E-state index contributed by atoms with van der Waals surface area (Å²) < 4.78 is 4.89. The Kier molecular flexibility index (Phi) is 2.85. The van der Waals surface area contributed by atoms with Gasteiger partial charge in [0.25, 0.3) is 0 Å². The third-order valence-corrected chi connectivity index (χ3v) is 2.49. The van der Waals surface area contributed by atoms with Crippen LogP contribution >= 0.6 is 0 Å². The van der Waals surface area contributed by atoms with Crippen LogP contribution in [0.1, 0.15) is 24.0 Å². The van der Waals surface area contributed by atoms with Crippen molar-refractivity contribution in [3.63, 3.8) is 0 Å². The number of ether oxygens (including phenoxy) is 1. The van der Waals surface area contributed by atoms with Crippen LogP contribution in [0.25, 0.3) is 0 Å². The number of carbonyl (C=O) groups is 2. The Morgan fingerprint density at radius 1 is 1.69 bits per heavy atom. The molecule has 5 heteroatoms. The predicted molar refractivity (Wildman–Crippen MR) is 55.5 cm³/mol. The van der Waals surface area contributed by atoms with Crippen molar-refractivity contribution in [1.29, 1.82) is 0 Å². The van der Waals surface area contributed by atoms with E-state index < -0.39 is 11.9 Å². The molecule has 2 rings (SSSR count). The Bertz CT molecular complexity index is 431. The van der Waals surface area contributed by atoms with Crippen molar-refractivity contribution in [2.45, 2.75) is 19.4 Å². The van der Waals surface area contributed by atoms with E-state index in [2.05, 4.69) is 10.3 Å². The molecule has 0 saturated heterocycles. The summed E-state index contributed by atoms with van der Waals surface area (Å²) in [7, 11) is 0. The first-order chi connectivity index (χ1) is 7.74. The lowest BCUT2D eigenvalue weighted by molar-refractivity contribution is -0.148. The predicted octanol–water partition coefficient (Wildman–Crippen LogP) is 0.358. The second-order valence-corrected chi connectivity index (χ2v) is 3.48. The Hall–Kier alpha value is -1.91. The average molecular weight is 220 g/mol. The van der Waals surface area contributed by atoms with Crippen LogP contribution < -0.4 is 5.32 Å². The summed E-state index contributed by atoms with van der Waals surface area (Å²) in [5.41, 5.74) is 1.55. The van der Waals surface area contributed by atoms with Crippen LogP contribution in [0.4, 0.5) is 0 Å². The maximum Gasteiger partial charge on any atom is 0.323 e. The first-order valence-electron chi connectivity index (χ1n) is 5.11. The molecule has 5 nitrogen and oxygen atoms in total. The van der Waals surface area contributed by atoms with Gasteiger partial charge in [-0.25, -0.2) is 0 Å². The fourth-order valence-electron chi connectivity index (χ4n) is 1.75. The van der Waals surface area contributed by atoms with Gasteiger partial charge in [0.1, 0.15) is 0 Å². The van der Waals surface area contributed by atoms with E-state index in [0.29, 0.717) is 12.1 Å². The van der Waals surface area contributed by atoms with Crippen molar-refractivity contribution in [3.05, 3.63) is 29.6 Å². The number of carbonyl (C=O) groups excluding carboxylic acids is 2. The lowest BCUT2D eigenvalue weighted by Gasteiger charge is -2.23. The lowest BCUT2D eigenvalue weighted by Crippen LogP contribution is -2.39. The van der Waals surface area contributed by atoms with Crippen molar-refractivity contribution in [3.8, 4) is 0 Å². The molecule has 1 aromatic heterocycles. The van der Waals surface area contributed by atoms with Gasteiger partial charge in [-0.15, -0.1) is 0 Å². The van der Waals surface area contributed by atoms with Gasteiger partial charge in [0.15, 0.2) is 5.92 Å². The van der Waals surface area contributed by atoms with E-state index in [4.69, 9.17) is 4.74 Å². The van der Waals surface area contributed by atoms with E-state index in [0.717, 1.165) is 5.56 Å². The van der Waals surface area contributed by atoms with E-state index >= 15 is 0 Å². The fourth-order valence-corrected chi connectivity index (χ4v) is 1.75. The van der Waals surface area contributed by atoms with Gasteiger partial charge in [0.05, 0.1) is 6.61 Å². The maximum atomic E-state index is 11.7. The van der Waals surface area contributed by atoms with Gasteiger partial charge in [-0.1, -0.05) is 0 Å². The summed E-state index contributed by atoms with van der Waals surface area (Å²) >= 11 is 0. The number of pyridine rings is 1. The number of aromatic nitrogens is 1. The highest BCUT2D eigenvalue weighted by atomic mass is 16.5. The first-order valence-corrected chi connectivity index (χ1v) is 5.11. The minimum Gasteiger partial charge on any atom is -0.465 e. The normalized spacial score (nSPS) is 18.6. The molecule has 0 radical (unpaired) electrons. The molecule has 1 N–H and O–H groups in total. The van der Waals surface area contributed by atoms with Gasteiger partial charge in [0, 0.05) is 18.9 Å². The minimum atomic E-state index is -0.855. The zero-order valence-corrected chi connectivity index (χ0v) is 8.90. The van der Waals surface area contributed by atoms with Gasteiger partial charge in [0.2, 0.25) is 5.91 Å². The zero-order valence-electron chi connectivity index (χ0n) is 8.90. The quantitative estimate of drug-likeness (QED) is 0.577. The molecule has 1 amide bonds. The molecule has 1 aromatic rings. The number of amides is 1. The summed E-state index contributed by atoms with van der Waals surface area (Å²) in [5.74, 6) is -1.67. The van der Waals surface area contributed by atoms with Crippen LogP contribution in [0.5, 0.6) is 0 Å². The molecule has 0 aliphatic carbocycles. The fraction of sp³-hybridized carbons (Fsp3) is 0.364. The summed E-state index contributed by atoms with van der Waals surface area (Å²) in [4.78, 5) is 27.3. The summed E-state index contributed by atoms with van der Waals surface area (Å²) in [6, 6.07) is 1.69. The number of fused-ring (bicyclic) bond motifs is 1. The number of esters is 1. The van der Waals surface area contributed by atoms with Crippen LogP contribution in [0, 0.1) is 0 Å². The van der Waals surface area contributed by atoms with E-state index in [1.165, 1.54) is 0 Å². The summed E-state index contributed by atoms with van der Waals surface area (Å²) in [5, 5.41) is 2.65. The SMILES string of the molecule is CCOC(=O)C1C(=O)NCc2cnccc21. The van der Waals surface area contributed by atoms with Gasteiger partial charge < -0.3 is 10.1 Å². The molecule has 1 aliphatic rings. The van der Waals surface area contributed by atoms with Crippen LogP contribution in [-0.2, 0) is 20.9 Å². The second kappa shape index (κ2) is 4.30. The largest absolute Gasteiger partial charge is 0.465 e. The molecule has 0 spiro atoms. The monoisotopic (exact) mass is 220 g/mol. The number of rotatable bonds is 2. The molecule has 84 valence electrons. The molecule has 2 heterocycles. The Labute approximate surface area is 92.8 Å². The second-order valence-electron chi connectivity index (χ2n) is 3.48. The summed E-state index contributed by atoms with van der Waals surface area (Å²) in [6.45, 7) is 2.40. The van der Waals surface area contributed by atoms with E-state index in [1.807, 2.05) is 0 Å². The van der Waals surface area contributed by atoms with Gasteiger partial charge in [-0.2, -0.15) is 0 Å². The molecule has 0 saturated carbocycles. The van der Waals surface area contributed by atoms with E-state index in [1.54, 1.807) is 25.4 Å². The third kappa shape index (κ3) is 1.76. The molecule has 16 heavy (non-hydrogen) atoms. The van der Waals surface area contributed by atoms with E-state index in [9.17, 15) is 9.59 Å². The van der Waals surface area contributed by atoms with Gasteiger partial charge >= 0.3 is 5.97 Å². The minimum absolute atomic E-state index is 0.267. The molecule has 1 atom stereocenters. The standard InChI is InChI=1S/C11H12N2O3/c1-2-16-11(15)9-8-3-4-12-5-7(8)6-13-10(9)14/h3-5,9H,2,6H2,1H3,(H,13,14). The Balaban J connectivity index is 2.37. The summed E-state index contributed by atoms with van der Waals surface area (Å²) in [6.07, 6.45) is 3.23. The highest BCUT2D eigenvalue weighted by Gasteiger charge is 2.34. The maximum absolute atomic E-state index is 11.7. The molecule has 1 unspecified atom stereocenters. The Morgan fingerprint density at radius 2 is 2.50 bits per heavy atom. The molecular weight excluding hydrogens is 208 g/mol. The van der Waals surface area contributed by atoms with Crippen LogP contribution in [-0.4, -0.2) is 23.5 Å². The smallest absolute Gasteiger partial charge is 0.323 e. The topological polar surface area (TPSA) is 68.3 Å². The van der Waals surface area contributed by atoms with Crippen molar-refractivity contribution < 1.29 is 14.3 Å². The average Bonchev–Trinajstić information content (AvgIpc) is 2.29. The van der Waals surface area contributed by atoms with Crippen molar-refractivity contribution in [2.24, 2.45) is 0 Å². The van der Waals surface area contributed by atoms with Crippen LogP contribution in [0.2, 0.25) is 0 Å². The number of nitrogens with zero attached hydrogens (tertiary/aromatic N) is 1. The molecule has 0 fully saturated rings.